The second kappa shape index (κ2) is 11.0. The van der Waals surface area contributed by atoms with E-state index in [1.165, 1.54) is 16.9 Å². The predicted molar refractivity (Wildman–Crippen MR) is 153 cm³/mol. The Hall–Kier alpha value is -3.46. The molecule has 2 N–H and O–H groups in total. The van der Waals surface area contributed by atoms with Gasteiger partial charge in [-0.3, -0.25) is 10.3 Å². The molecular weight excluding hydrogens is 555 g/mol. The fourth-order valence-electron chi connectivity index (χ4n) is 5.14. The number of thiazole rings is 1. The Morgan fingerprint density at radius 3 is 2.64 bits per heavy atom. The zero-order valence-electron chi connectivity index (χ0n) is 20.9. The summed E-state index contributed by atoms with van der Waals surface area (Å²) in [6.07, 6.45) is 7.15. The Morgan fingerprint density at radius 1 is 1.13 bits per heavy atom. The first kappa shape index (κ1) is 25.8. The number of amides is 1. The minimum atomic E-state index is -0.428. The maximum atomic E-state index is 13.5. The van der Waals surface area contributed by atoms with Gasteiger partial charge in [-0.05, 0) is 60.4 Å². The number of ether oxygens (including phenoxy) is 2. The molecule has 2 aliphatic rings. The van der Waals surface area contributed by atoms with E-state index in [9.17, 15) is 4.79 Å². The summed E-state index contributed by atoms with van der Waals surface area (Å²) >= 11 is 13.8. The van der Waals surface area contributed by atoms with Crippen LogP contribution in [-0.2, 0) is 13.0 Å². The van der Waals surface area contributed by atoms with Crippen molar-refractivity contribution in [3.63, 3.8) is 0 Å². The number of benzene rings is 2. The number of alkyl halides is 1. The Bertz CT molecular complexity index is 1680. The number of nitrogens with zero attached hydrogens (tertiary/aromatic N) is 2. The maximum Gasteiger partial charge on any atom is 0.416 e. The summed E-state index contributed by atoms with van der Waals surface area (Å²) < 4.78 is 13.5. The molecule has 4 aromatic rings. The molecule has 6 rings (SSSR count). The number of fused-ring (bicyclic) bond motifs is 3. The van der Waals surface area contributed by atoms with E-state index in [0.717, 1.165) is 34.0 Å². The SMILES string of the molecule is N=c1sccn1CCOc1ccc(C2c3[nH]c4c(c3CCN2C(=O)Oc2ccc(Cl)cc2)=CC(Cl)CC=4)cc1. The minimum Gasteiger partial charge on any atom is -0.492 e. The number of halogens is 2. The topological polar surface area (TPSA) is 83.3 Å². The summed E-state index contributed by atoms with van der Waals surface area (Å²) in [5, 5.41) is 12.5. The summed E-state index contributed by atoms with van der Waals surface area (Å²) in [5.74, 6) is 1.17. The van der Waals surface area contributed by atoms with Gasteiger partial charge in [0.25, 0.3) is 0 Å². The molecule has 0 saturated carbocycles. The van der Waals surface area contributed by atoms with E-state index in [1.54, 1.807) is 29.2 Å². The molecule has 39 heavy (non-hydrogen) atoms. The standard InChI is InChI=1S/C29H26Cl2N4O3S/c30-19-3-8-22(9-4-19)38-29(36)35-12-11-23-24-17-20(31)5-10-25(24)33-26(23)27(35)18-1-6-21(7-2-18)37-15-13-34-14-16-39-28(34)32/h1-4,6-10,14,16-17,20,27,32-33H,5,11-13,15H2. The number of nitrogens with one attached hydrogen (secondary N) is 2. The molecule has 0 bridgehead atoms. The van der Waals surface area contributed by atoms with Crippen molar-refractivity contribution in [2.75, 3.05) is 13.2 Å². The summed E-state index contributed by atoms with van der Waals surface area (Å²) in [4.78, 5) is 19.3. The number of rotatable bonds is 6. The van der Waals surface area contributed by atoms with E-state index in [-0.39, 0.29) is 11.4 Å². The molecular formula is C29H26Cl2N4O3S. The fraction of sp³-hybridized carbons (Fsp3) is 0.241. The van der Waals surface area contributed by atoms with Crippen LogP contribution in [0.5, 0.6) is 11.5 Å². The second-order valence-corrected chi connectivity index (χ2v) is 11.3. The quantitative estimate of drug-likeness (QED) is 0.321. The highest BCUT2D eigenvalue weighted by Gasteiger charge is 2.35. The summed E-state index contributed by atoms with van der Waals surface area (Å²) in [5.41, 5.74) is 3.10. The van der Waals surface area contributed by atoms with Gasteiger partial charge in [0.05, 0.1) is 11.9 Å². The average Bonchev–Trinajstić information content (AvgIpc) is 3.52. The van der Waals surface area contributed by atoms with Crippen molar-refractivity contribution in [3.05, 3.63) is 97.3 Å². The molecule has 2 atom stereocenters. The molecule has 2 aromatic carbocycles. The molecule has 0 radical (unpaired) electrons. The van der Waals surface area contributed by atoms with Crippen LogP contribution in [0.4, 0.5) is 4.79 Å². The number of H-pyrrole nitrogens is 1. The number of carbonyl (C=O) groups is 1. The summed E-state index contributed by atoms with van der Waals surface area (Å²) in [6, 6.07) is 14.2. The van der Waals surface area contributed by atoms with Crippen LogP contribution < -0.4 is 24.8 Å². The normalized spacial score (nSPS) is 17.9. The van der Waals surface area contributed by atoms with Gasteiger partial charge < -0.3 is 19.0 Å². The largest absolute Gasteiger partial charge is 0.492 e. The lowest BCUT2D eigenvalue weighted by Gasteiger charge is -2.35. The van der Waals surface area contributed by atoms with Gasteiger partial charge in [-0.1, -0.05) is 35.9 Å². The summed E-state index contributed by atoms with van der Waals surface area (Å²) in [7, 11) is 0. The zero-order valence-corrected chi connectivity index (χ0v) is 23.2. The van der Waals surface area contributed by atoms with Gasteiger partial charge in [0, 0.05) is 39.4 Å². The molecule has 3 heterocycles. The highest BCUT2D eigenvalue weighted by molar-refractivity contribution is 7.06. The predicted octanol–water partition coefficient (Wildman–Crippen LogP) is 4.81. The van der Waals surface area contributed by atoms with Crippen LogP contribution in [0, 0.1) is 5.41 Å². The second-order valence-electron chi connectivity index (χ2n) is 9.45. The van der Waals surface area contributed by atoms with Crippen LogP contribution in [0.3, 0.4) is 0 Å². The first-order valence-electron chi connectivity index (χ1n) is 12.7. The monoisotopic (exact) mass is 580 g/mol. The van der Waals surface area contributed by atoms with Gasteiger partial charge in [0.15, 0.2) is 4.80 Å². The highest BCUT2D eigenvalue weighted by atomic mass is 35.5. The van der Waals surface area contributed by atoms with E-state index < -0.39 is 6.09 Å². The van der Waals surface area contributed by atoms with Crippen LogP contribution in [0.1, 0.15) is 29.3 Å². The van der Waals surface area contributed by atoms with Crippen molar-refractivity contribution in [2.45, 2.75) is 30.8 Å². The third kappa shape index (κ3) is 5.37. The number of hydrogen-bond acceptors (Lipinski definition) is 5. The van der Waals surface area contributed by atoms with Crippen molar-refractivity contribution in [1.82, 2.24) is 14.5 Å². The molecule has 0 fully saturated rings. The zero-order chi connectivity index (χ0) is 26.9. The first-order chi connectivity index (χ1) is 19.0. The maximum absolute atomic E-state index is 13.5. The Labute approximate surface area is 239 Å². The van der Waals surface area contributed by atoms with Crippen LogP contribution in [-0.4, -0.2) is 39.1 Å². The number of carbonyl (C=O) groups excluding carboxylic acids is 1. The third-order valence-corrected chi connectivity index (χ3v) is 8.30. The van der Waals surface area contributed by atoms with Crippen LogP contribution in [0.15, 0.2) is 60.1 Å². The molecule has 0 spiro atoms. The van der Waals surface area contributed by atoms with Crippen LogP contribution >= 0.6 is 34.5 Å². The molecule has 1 aliphatic carbocycles. The molecule has 7 nitrogen and oxygen atoms in total. The molecule has 1 amide bonds. The highest BCUT2D eigenvalue weighted by Crippen LogP contribution is 2.34. The van der Waals surface area contributed by atoms with Gasteiger partial charge in [-0.25, -0.2) is 4.79 Å². The number of aromatic amines is 1. The number of aromatic nitrogens is 2. The van der Waals surface area contributed by atoms with Gasteiger partial charge in [0.1, 0.15) is 24.1 Å². The van der Waals surface area contributed by atoms with Gasteiger partial charge in [-0.2, -0.15) is 0 Å². The molecule has 2 aromatic heterocycles. The summed E-state index contributed by atoms with van der Waals surface area (Å²) in [6.45, 7) is 1.55. The third-order valence-electron chi connectivity index (χ3n) is 7.02. The van der Waals surface area contributed by atoms with Crippen LogP contribution in [0.2, 0.25) is 5.02 Å². The van der Waals surface area contributed by atoms with Crippen molar-refractivity contribution < 1.29 is 14.3 Å². The van der Waals surface area contributed by atoms with E-state index in [1.807, 2.05) is 40.4 Å². The van der Waals surface area contributed by atoms with Gasteiger partial charge in [0.2, 0.25) is 0 Å². The minimum absolute atomic E-state index is 0.0430. The smallest absolute Gasteiger partial charge is 0.416 e. The van der Waals surface area contributed by atoms with E-state index in [4.69, 9.17) is 38.1 Å². The Kier molecular flexibility index (Phi) is 7.25. The molecule has 10 heteroatoms. The molecule has 2 unspecified atom stereocenters. The van der Waals surface area contributed by atoms with Gasteiger partial charge >= 0.3 is 6.09 Å². The average molecular weight is 582 g/mol. The number of hydrogen-bond donors (Lipinski definition) is 2. The molecule has 0 saturated heterocycles. The van der Waals surface area contributed by atoms with E-state index >= 15 is 0 Å². The van der Waals surface area contributed by atoms with Crippen molar-refractivity contribution >= 4 is 52.8 Å². The lowest BCUT2D eigenvalue weighted by atomic mass is 9.92. The fourth-order valence-corrected chi connectivity index (χ4v) is 6.10. The van der Waals surface area contributed by atoms with E-state index in [0.29, 0.717) is 41.7 Å². The van der Waals surface area contributed by atoms with Gasteiger partial charge in [-0.15, -0.1) is 22.9 Å². The Balaban J connectivity index is 1.29. The van der Waals surface area contributed by atoms with Crippen molar-refractivity contribution in [3.8, 4) is 11.5 Å². The Morgan fingerprint density at radius 2 is 1.90 bits per heavy atom. The van der Waals surface area contributed by atoms with Crippen molar-refractivity contribution in [2.24, 2.45) is 0 Å². The van der Waals surface area contributed by atoms with E-state index in [2.05, 4.69) is 17.1 Å². The van der Waals surface area contributed by atoms with Crippen molar-refractivity contribution in [1.29, 1.82) is 5.41 Å². The first-order valence-corrected chi connectivity index (χ1v) is 14.4. The molecule has 200 valence electrons. The molecule has 1 aliphatic heterocycles. The lowest BCUT2D eigenvalue weighted by molar-refractivity contribution is 0.135. The van der Waals surface area contributed by atoms with Crippen LogP contribution in [0.25, 0.3) is 12.2 Å². The lowest BCUT2D eigenvalue weighted by Crippen LogP contribution is -2.43.